The van der Waals surface area contributed by atoms with Crippen LogP contribution in [-0.2, 0) is 33.2 Å². The normalized spacial score (nSPS) is 49.7. The fourth-order valence-corrected chi connectivity index (χ4v) is 8.99. The summed E-state index contributed by atoms with van der Waals surface area (Å²) < 4.78 is 38.8. The molecule has 11 heteroatoms. The average molecular weight is 728 g/mol. The number of aliphatic hydroxyl groups is 3. The van der Waals surface area contributed by atoms with Gasteiger partial charge in [0.1, 0.15) is 11.7 Å². The van der Waals surface area contributed by atoms with E-state index in [4.69, 9.17) is 28.4 Å². The summed E-state index contributed by atoms with van der Waals surface area (Å²) in [6.07, 6.45) is -3.95. The van der Waals surface area contributed by atoms with Gasteiger partial charge < -0.3 is 48.6 Å². The Hall–Kier alpha value is -1.15. The SMILES string of the molecule is C=C1[C@H](C)C[C@](C)(O)[C@H](O[C@@H]2O[C@H](C)C[C@H](N(C)C)[C@H]2C)[C@@H](C)[C@H](O[C@H]2C[C@@](C)(OC)[C@@H](C)[C@H](C)O2)[C@@H](C)C(=O)O[C@H](CC)[C@@](C)(O)[C@H](O)[C@H]1C. The quantitative estimate of drug-likeness (QED) is 0.232. The fourth-order valence-electron chi connectivity index (χ4n) is 8.99. The van der Waals surface area contributed by atoms with Crippen molar-refractivity contribution in [3.8, 4) is 0 Å². The summed E-state index contributed by atoms with van der Waals surface area (Å²) in [4.78, 5) is 16.4. The molecule has 51 heavy (non-hydrogen) atoms. The van der Waals surface area contributed by atoms with Crippen molar-refractivity contribution in [1.29, 1.82) is 0 Å². The van der Waals surface area contributed by atoms with Crippen molar-refractivity contribution in [2.24, 2.45) is 35.5 Å². The first-order valence-electron chi connectivity index (χ1n) is 19.3. The molecular weight excluding hydrogens is 654 g/mol. The standard InChI is InChI=1S/C40H73NO10/c1-17-31-40(13,45)34(42)24(5)23(4)21(2)19-38(11,44)35(51-37-25(6)30(41(14)15)18-22(3)47-37)26(7)33(27(8)36(43)49-31)50-32-20-39(12,46-16)28(9)29(10)48-32/h21-22,24-35,37,42,44-45H,4,17-20H2,1-3,5-16H3/t21-,22-,24+,25-,26+,27-,28+,29+,30+,31-,32+,33+,34-,35-,37+,38+,39-,40-/m1/s1. The number of rotatable bonds is 7. The van der Waals surface area contributed by atoms with E-state index in [0.717, 1.165) is 6.42 Å². The third-order valence-electron chi connectivity index (χ3n) is 13.1. The van der Waals surface area contributed by atoms with Crippen molar-refractivity contribution in [3.63, 3.8) is 0 Å². The minimum atomic E-state index is -1.78. The third kappa shape index (κ3) is 9.57. The molecule has 3 heterocycles. The molecule has 298 valence electrons. The fraction of sp³-hybridized carbons (Fsp3) is 0.925. The lowest BCUT2D eigenvalue weighted by Gasteiger charge is -2.50. The molecule has 3 aliphatic rings. The number of methoxy groups -OCH3 is 1. The van der Waals surface area contributed by atoms with Gasteiger partial charge in [-0.2, -0.15) is 0 Å². The summed E-state index contributed by atoms with van der Waals surface area (Å²) >= 11 is 0. The van der Waals surface area contributed by atoms with Gasteiger partial charge in [-0.1, -0.05) is 53.7 Å². The molecule has 0 saturated carbocycles. The molecule has 0 bridgehead atoms. The lowest BCUT2D eigenvalue weighted by atomic mass is 9.72. The van der Waals surface area contributed by atoms with Gasteiger partial charge in [-0.05, 0) is 80.8 Å². The molecule has 18 atom stereocenters. The first-order valence-corrected chi connectivity index (χ1v) is 19.3. The first-order chi connectivity index (χ1) is 23.4. The van der Waals surface area contributed by atoms with Crippen LogP contribution in [0.2, 0.25) is 0 Å². The Morgan fingerprint density at radius 2 is 1.53 bits per heavy atom. The molecule has 3 saturated heterocycles. The van der Waals surface area contributed by atoms with Gasteiger partial charge in [-0.25, -0.2) is 0 Å². The van der Waals surface area contributed by atoms with E-state index in [1.807, 2.05) is 41.5 Å². The largest absolute Gasteiger partial charge is 0.459 e. The Morgan fingerprint density at radius 1 is 0.922 bits per heavy atom. The lowest BCUT2D eigenvalue weighted by Crippen LogP contribution is -2.59. The van der Waals surface area contributed by atoms with Gasteiger partial charge >= 0.3 is 5.97 Å². The molecule has 0 aromatic carbocycles. The van der Waals surface area contributed by atoms with Crippen molar-refractivity contribution < 1.29 is 48.5 Å². The van der Waals surface area contributed by atoms with Crippen LogP contribution < -0.4 is 0 Å². The van der Waals surface area contributed by atoms with E-state index in [9.17, 15) is 20.1 Å². The van der Waals surface area contributed by atoms with Crippen LogP contribution in [0.4, 0.5) is 0 Å². The molecular formula is C40H73NO10. The zero-order valence-electron chi connectivity index (χ0n) is 34.3. The van der Waals surface area contributed by atoms with Gasteiger partial charge in [0.25, 0.3) is 0 Å². The van der Waals surface area contributed by atoms with Gasteiger partial charge in [0, 0.05) is 43.2 Å². The third-order valence-corrected chi connectivity index (χ3v) is 13.1. The Balaban J connectivity index is 2.18. The van der Waals surface area contributed by atoms with Crippen molar-refractivity contribution in [2.45, 2.75) is 181 Å². The Morgan fingerprint density at radius 3 is 2.08 bits per heavy atom. The highest BCUT2D eigenvalue weighted by Gasteiger charge is 2.52. The molecule has 3 aliphatic heterocycles. The smallest absolute Gasteiger partial charge is 0.311 e. The second-order valence-electron chi connectivity index (χ2n) is 17.4. The number of cyclic esters (lactones) is 1. The molecule has 0 spiro atoms. The summed E-state index contributed by atoms with van der Waals surface area (Å²) in [5, 5.41) is 35.9. The highest BCUT2D eigenvalue weighted by molar-refractivity contribution is 5.73. The summed E-state index contributed by atoms with van der Waals surface area (Å²) in [6.45, 7) is 27.1. The van der Waals surface area contributed by atoms with E-state index < -0.39 is 77.5 Å². The van der Waals surface area contributed by atoms with Crippen LogP contribution in [0.1, 0.15) is 109 Å². The van der Waals surface area contributed by atoms with Crippen LogP contribution >= 0.6 is 0 Å². The molecule has 0 aliphatic carbocycles. The highest BCUT2D eigenvalue weighted by Crippen LogP contribution is 2.43. The highest BCUT2D eigenvalue weighted by atomic mass is 16.7. The van der Waals surface area contributed by atoms with Gasteiger partial charge in [-0.3, -0.25) is 4.79 Å². The summed E-state index contributed by atoms with van der Waals surface area (Å²) in [5.41, 5.74) is -3.15. The maximum atomic E-state index is 14.2. The number of aliphatic hydroxyl groups excluding tert-OH is 1. The zero-order valence-corrected chi connectivity index (χ0v) is 34.3. The number of carbonyl (C=O) groups is 1. The average Bonchev–Trinajstić information content (AvgIpc) is 3.05. The minimum absolute atomic E-state index is 0.0319. The molecule has 3 fully saturated rings. The van der Waals surface area contributed by atoms with E-state index in [1.54, 1.807) is 27.9 Å². The van der Waals surface area contributed by atoms with Crippen LogP contribution in [0, 0.1) is 35.5 Å². The van der Waals surface area contributed by atoms with Crippen molar-refractivity contribution in [2.75, 3.05) is 21.2 Å². The van der Waals surface area contributed by atoms with E-state index in [1.165, 1.54) is 6.92 Å². The Bertz CT molecular complexity index is 1160. The zero-order chi connectivity index (χ0) is 39.0. The van der Waals surface area contributed by atoms with Crippen LogP contribution in [0.25, 0.3) is 0 Å². The van der Waals surface area contributed by atoms with Crippen molar-refractivity contribution in [1.82, 2.24) is 4.90 Å². The monoisotopic (exact) mass is 728 g/mol. The van der Waals surface area contributed by atoms with Gasteiger partial charge in [0.05, 0.1) is 47.6 Å². The molecule has 3 N–H and O–H groups in total. The minimum Gasteiger partial charge on any atom is -0.459 e. The van der Waals surface area contributed by atoms with E-state index in [2.05, 4.69) is 39.4 Å². The number of carbonyl (C=O) groups excluding carboxylic acids is 1. The van der Waals surface area contributed by atoms with Crippen LogP contribution in [0.15, 0.2) is 12.2 Å². The number of nitrogens with zero attached hydrogens (tertiary/aromatic N) is 1. The molecule has 0 unspecified atom stereocenters. The molecule has 3 rings (SSSR count). The molecule has 0 aromatic heterocycles. The van der Waals surface area contributed by atoms with Crippen molar-refractivity contribution >= 4 is 5.97 Å². The summed E-state index contributed by atoms with van der Waals surface area (Å²) in [6, 6.07) is 0.184. The topological polar surface area (TPSA) is 136 Å². The molecule has 0 amide bonds. The second kappa shape index (κ2) is 17.1. The second-order valence-corrected chi connectivity index (χ2v) is 17.4. The van der Waals surface area contributed by atoms with Gasteiger partial charge in [-0.15, -0.1) is 0 Å². The summed E-state index contributed by atoms with van der Waals surface area (Å²) in [5.74, 6) is -2.89. The Kier molecular flexibility index (Phi) is 14.8. The first kappa shape index (κ1) is 44.2. The van der Waals surface area contributed by atoms with Gasteiger partial charge in [0.15, 0.2) is 12.6 Å². The number of hydrogen-bond donors (Lipinski definition) is 3. The summed E-state index contributed by atoms with van der Waals surface area (Å²) in [7, 11) is 5.79. The lowest BCUT2D eigenvalue weighted by molar-refractivity contribution is -0.306. The number of esters is 1. The van der Waals surface area contributed by atoms with Crippen LogP contribution in [0.5, 0.6) is 0 Å². The molecule has 0 radical (unpaired) electrons. The molecule has 0 aromatic rings. The maximum absolute atomic E-state index is 14.2. The Labute approximate surface area is 308 Å². The van der Waals surface area contributed by atoms with E-state index >= 15 is 0 Å². The van der Waals surface area contributed by atoms with Crippen molar-refractivity contribution in [3.05, 3.63) is 12.2 Å². The number of hydrogen-bond acceptors (Lipinski definition) is 11. The molecule has 11 nitrogen and oxygen atoms in total. The van der Waals surface area contributed by atoms with Crippen LogP contribution in [0.3, 0.4) is 0 Å². The predicted octanol–water partition coefficient (Wildman–Crippen LogP) is 5.32. The van der Waals surface area contributed by atoms with Gasteiger partial charge in [0.2, 0.25) is 0 Å². The predicted molar refractivity (Wildman–Crippen MR) is 197 cm³/mol. The van der Waals surface area contributed by atoms with E-state index in [-0.39, 0.29) is 48.8 Å². The van der Waals surface area contributed by atoms with E-state index in [0.29, 0.717) is 12.0 Å². The maximum Gasteiger partial charge on any atom is 0.311 e. The van der Waals surface area contributed by atoms with Crippen LogP contribution in [-0.4, -0.2) is 119 Å². The number of ether oxygens (including phenoxy) is 6.